The number of aryl methyl sites for hydroxylation is 2. The standard InChI is InChI=1S/C11H11.C5H5.C2H6Si.2ClH.Zr/c1-8-6-7-9(2)11-5-3-4-10(8)11;1-2-4-5-3-1;1-3-2;;;/h3-7H,1-2H3;1-3H,4H2;1-2H3;2*1H;/q;;;;;+2/p-2. The van der Waals surface area contributed by atoms with Gasteiger partial charge in [0.25, 0.3) is 0 Å². The van der Waals surface area contributed by atoms with E-state index in [1.165, 1.54) is 23.1 Å². The van der Waals surface area contributed by atoms with E-state index in [1.54, 1.807) is 5.56 Å². The molecule has 0 aliphatic heterocycles. The molecule has 0 radical (unpaired) electrons. The van der Waals surface area contributed by atoms with E-state index in [-0.39, 0.29) is 30.2 Å². The zero-order valence-corrected chi connectivity index (χ0v) is 18.6. The predicted molar refractivity (Wildman–Crippen MR) is 87.0 cm³/mol. The quantitative estimate of drug-likeness (QED) is 0.536. The van der Waals surface area contributed by atoms with Crippen LogP contribution in [0, 0.1) is 13.8 Å². The smallest absolute Gasteiger partial charge is 1.00 e. The first-order valence-electron chi connectivity index (χ1n) is 7.41. The monoisotopic (exact) mass is 426 g/mol. The van der Waals surface area contributed by atoms with Crippen LogP contribution in [0.2, 0.25) is 13.1 Å². The van der Waals surface area contributed by atoms with Crippen molar-refractivity contribution in [3.05, 3.63) is 62.0 Å². The molecule has 0 aromatic heterocycles. The topological polar surface area (TPSA) is 0 Å². The Kier molecular flexibility index (Phi) is 7.60. The van der Waals surface area contributed by atoms with Crippen molar-refractivity contribution in [1.82, 2.24) is 0 Å². The third kappa shape index (κ3) is 3.61. The first-order chi connectivity index (χ1) is 9.59. The van der Waals surface area contributed by atoms with Crippen molar-refractivity contribution in [3.63, 3.8) is 0 Å². The van der Waals surface area contributed by atoms with E-state index in [0.717, 1.165) is 3.63 Å². The van der Waals surface area contributed by atoms with Crippen LogP contribution in [-0.2, 0) is 20.4 Å². The molecule has 2 aliphatic rings. The summed E-state index contributed by atoms with van der Waals surface area (Å²) < 4.78 is 2.64. The number of hydrogen-bond acceptors (Lipinski definition) is 0. The summed E-state index contributed by atoms with van der Waals surface area (Å²) >= 11 is -1.56. The molecule has 0 fully saturated rings. The zero-order chi connectivity index (χ0) is 14.3. The van der Waals surface area contributed by atoms with Gasteiger partial charge in [-0.3, -0.25) is 0 Å². The summed E-state index contributed by atoms with van der Waals surface area (Å²) in [5.74, 6) is 0. The molecule has 1 aromatic carbocycles. The minimum Gasteiger partial charge on any atom is -1.00 e. The van der Waals surface area contributed by atoms with Gasteiger partial charge < -0.3 is 24.8 Å². The van der Waals surface area contributed by atoms with Crippen molar-refractivity contribution in [2.45, 2.75) is 37.0 Å². The minimum absolute atomic E-state index is 0. The second kappa shape index (κ2) is 8.29. The molecular formula is C18H22Cl2SiZr. The summed E-state index contributed by atoms with van der Waals surface area (Å²) in [7, 11) is 0. The Hall–Kier alpha value is 0.120. The second-order valence-corrected chi connectivity index (χ2v) is 23.8. The van der Waals surface area contributed by atoms with E-state index in [4.69, 9.17) is 0 Å². The molecule has 0 N–H and O–H groups in total. The summed E-state index contributed by atoms with van der Waals surface area (Å²) in [5, 5.41) is 0. The molecule has 0 saturated heterocycles. The van der Waals surface area contributed by atoms with Crippen LogP contribution < -0.4 is 24.8 Å². The maximum Gasteiger partial charge on any atom is -1.00 e. The number of rotatable bonds is 2. The maximum absolute atomic E-state index is 2.55. The summed E-state index contributed by atoms with van der Waals surface area (Å²) in [6.45, 7) is 9.66. The van der Waals surface area contributed by atoms with Gasteiger partial charge in [0.15, 0.2) is 0 Å². The van der Waals surface area contributed by atoms with Crippen molar-refractivity contribution in [1.29, 1.82) is 0 Å². The molecule has 1 atom stereocenters. The van der Waals surface area contributed by atoms with Gasteiger partial charge in [-0.25, -0.2) is 0 Å². The third-order valence-electron chi connectivity index (χ3n) is 4.46. The first kappa shape index (κ1) is 20.2. The van der Waals surface area contributed by atoms with E-state index < -0.39 is 20.4 Å². The number of allylic oxidation sites excluding steroid dienone is 5. The summed E-state index contributed by atoms with van der Waals surface area (Å²) in [5.41, 5.74) is 6.00. The Balaban J connectivity index is 0.00000121. The normalized spacial score (nSPS) is 17.0. The van der Waals surface area contributed by atoms with Gasteiger partial charge in [0.2, 0.25) is 0 Å². The van der Waals surface area contributed by atoms with Crippen molar-refractivity contribution in [2.75, 3.05) is 0 Å². The van der Waals surface area contributed by atoms with Crippen molar-refractivity contribution in [2.24, 2.45) is 0 Å². The van der Waals surface area contributed by atoms with Crippen LogP contribution in [0.5, 0.6) is 0 Å². The summed E-state index contributed by atoms with van der Waals surface area (Å²) in [4.78, 5) is 0. The summed E-state index contributed by atoms with van der Waals surface area (Å²) in [6.07, 6.45) is 13.3. The molecular weight excluding hydrogens is 406 g/mol. The van der Waals surface area contributed by atoms with Crippen molar-refractivity contribution in [3.8, 4) is 0 Å². The molecule has 4 heteroatoms. The number of benzene rings is 1. The average Bonchev–Trinajstić information content (AvgIpc) is 3.04. The van der Waals surface area contributed by atoms with E-state index in [0.29, 0.717) is 0 Å². The van der Waals surface area contributed by atoms with Crippen LogP contribution in [-0.4, -0.2) is 5.43 Å². The Morgan fingerprint density at radius 1 is 1.09 bits per heavy atom. The fourth-order valence-electron chi connectivity index (χ4n) is 3.50. The molecule has 1 aromatic rings. The van der Waals surface area contributed by atoms with E-state index in [1.807, 2.05) is 3.28 Å². The molecule has 0 saturated carbocycles. The largest absolute Gasteiger partial charge is 1.00 e. The molecule has 0 nitrogen and oxygen atoms in total. The molecule has 1 unspecified atom stereocenters. The average molecular weight is 429 g/mol. The Labute approximate surface area is 154 Å². The SMILES string of the molecule is Cc1ccc(C)c2c1C=C[CH]2[Zr+2]([C]1=CC=CC1)=[Si](C)C.[Cl-].[Cl-]. The van der Waals surface area contributed by atoms with E-state index in [9.17, 15) is 0 Å². The van der Waals surface area contributed by atoms with Crippen molar-refractivity contribution < 1.29 is 45.2 Å². The molecule has 0 bridgehead atoms. The minimum atomic E-state index is -1.56. The fourth-order valence-corrected chi connectivity index (χ4v) is 21.5. The van der Waals surface area contributed by atoms with Gasteiger partial charge in [0.05, 0.1) is 0 Å². The Bertz CT molecular complexity index is 695. The molecule has 22 heavy (non-hydrogen) atoms. The summed E-state index contributed by atoms with van der Waals surface area (Å²) in [6, 6.07) is 4.61. The van der Waals surface area contributed by atoms with Crippen LogP contribution in [0.1, 0.15) is 32.3 Å². The van der Waals surface area contributed by atoms with Gasteiger partial charge in [-0.2, -0.15) is 0 Å². The van der Waals surface area contributed by atoms with Gasteiger partial charge in [-0.15, -0.1) is 0 Å². The van der Waals surface area contributed by atoms with E-state index >= 15 is 0 Å². The first-order valence-corrected chi connectivity index (χ1v) is 16.2. The molecule has 3 rings (SSSR count). The molecule has 2 aliphatic carbocycles. The van der Waals surface area contributed by atoms with Gasteiger partial charge in [0, 0.05) is 0 Å². The molecule has 0 spiro atoms. The predicted octanol–water partition coefficient (Wildman–Crippen LogP) is -0.908. The van der Waals surface area contributed by atoms with Crippen LogP contribution in [0.3, 0.4) is 0 Å². The molecule has 0 heterocycles. The number of hydrogen-bond donors (Lipinski definition) is 0. The Morgan fingerprint density at radius 2 is 1.77 bits per heavy atom. The molecule has 0 amide bonds. The van der Waals surface area contributed by atoms with E-state index in [2.05, 4.69) is 69.5 Å². The van der Waals surface area contributed by atoms with Crippen LogP contribution in [0.15, 0.2) is 39.7 Å². The maximum atomic E-state index is 2.55. The third-order valence-corrected chi connectivity index (χ3v) is 22.5. The van der Waals surface area contributed by atoms with Crippen molar-refractivity contribution >= 4 is 11.5 Å². The van der Waals surface area contributed by atoms with Gasteiger partial charge in [0.1, 0.15) is 0 Å². The van der Waals surface area contributed by atoms with Gasteiger partial charge in [-0.05, 0) is 0 Å². The van der Waals surface area contributed by atoms with Crippen LogP contribution >= 0.6 is 0 Å². The zero-order valence-electron chi connectivity index (χ0n) is 13.6. The van der Waals surface area contributed by atoms with Crippen LogP contribution in [0.4, 0.5) is 0 Å². The number of fused-ring (bicyclic) bond motifs is 1. The Morgan fingerprint density at radius 3 is 2.36 bits per heavy atom. The number of halogens is 2. The second-order valence-electron chi connectivity index (χ2n) is 6.10. The van der Waals surface area contributed by atoms with Gasteiger partial charge in [-0.1, -0.05) is 0 Å². The fraction of sp³-hybridized carbons (Fsp3) is 0.333. The van der Waals surface area contributed by atoms with Gasteiger partial charge >= 0.3 is 131 Å². The molecule has 116 valence electrons. The van der Waals surface area contributed by atoms with Crippen LogP contribution in [0.25, 0.3) is 6.08 Å².